The van der Waals surface area contributed by atoms with Crippen LogP contribution in [0.4, 0.5) is 24.5 Å². The quantitative estimate of drug-likeness (QED) is 0.131. The number of nitrogens with zero attached hydrogens (tertiary/aromatic N) is 3. The molecule has 4 N–H and O–H groups in total. The first kappa shape index (κ1) is 35.2. The lowest BCUT2D eigenvalue weighted by Crippen LogP contribution is -2.57. The van der Waals surface area contributed by atoms with Crippen molar-refractivity contribution >= 4 is 45.6 Å². The monoisotopic (exact) mass is 711 g/mol. The standard InChI is InChI=1S/C35H37ClF3N7O4/c1-45-17-24(22-7-9-40-16-23(22)34(45)49)20-13-26(36)25(30(14-20)50-2)18-46-12-8-31(35(38,39)19-46)42-11-10-41-28-4-3-21(15-27(28)37)43-29-5-6-32(47)44-33(29)48/h3-4,7,9,13-17,29,31,41-43H,5-6,8,10-12,18-19H2,1-2H3,(H,44,47,48)/t29-,31+/m1/s1. The average molecular weight is 712 g/mol. The Hall–Kier alpha value is -4.66. The minimum Gasteiger partial charge on any atom is -0.496 e. The fraction of sp³-hybridized carbons (Fsp3) is 0.371. The van der Waals surface area contributed by atoms with Crippen LogP contribution >= 0.6 is 11.6 Å². The van der Waals surface area contributed by atoms with Crippen LogP contribution < -0.4 is 31.6 Å². The number of benzene rings is 2. The number of amides is 2. The number of anilines is 2. The number of aryl methyl sites for hydroxylation is 1. The lowest BCUT2D eigenvalue weighted by Gasteiger charge is -2.39. The Bertz CT molecular complexity index is 1990. The van der Waals surface area contributed by atoms with Gasteiger partial charge in [0.15, 0.2) is 0 Å². The number of methoxy groups -OCH3 is 1. The number of ether oxygens (including phenoxy) is 1. The van der Waals surface area contributed by atoms with Crippen LogP contribution in [-0.4, -0.2) is 77.6 Å². The molecule has 2 aliphatic heterocycles. The van der Waals surface area contributed by atoms with E-state index in [2.05, 4.69) is 26.3 Å². The summed E-state index contributed by atoms with van der Waals surface area (Å²) in [5, 5.41) is 12.5. The lowest BCUT2D eigenvalue weighted by atomic mass is 9.98. The van der Waals surface area contributed by atoms with Gasteiger partial charge in [0, 0.05) is 80.1 Å². The van der Waals surface area contributed by atoms with Gasteiger partial charge in [-0.15, -0.1) is 0 Å². The Kier molecular flexibility index (Phi) is 10.3. The molecule has 11 nitrogen and oxygen atoms in total. The highest BCUT2D eigenvalue weighted by Gasteiger charge is 2.44. The van der Waals surface area contributed by atoms with Gasteiger partial charge >= 0.3 is 0 Å². The van der Waals surface area contributed by atoms with Crippen molar-refractivity contribution in [1.29, 1.82) is 0 Å². The van der Waals surface area contributed by atoms with Gasteiger partial charge < -0.3 is 25.3 Å². The topological polar surface area (TPSA) is 130 Å². The molecule has 4 aromatic rings. The molecule has 6 rings (SSSR count). The Morgan fingerprint density at radius 2 is 1.92 bits per heavy atom. The van der Waals surface area contributed by atoms with E-state index in [1.165, 1.54) is 30.0 Å². The SMILES string of the molecule is COc1cc(-c2cn(C)c(=O)c3cnccc23)cc(Cl)c1CN1CC[C@H](NCCNc2ccc(N[C@@H]3CCC(=O)NC3=O)cc2F)C(F)(F)C1. The highest BCUT2D eigenvalue weighted by molar-refractivity contribution is 6.32. The largest absolute Gasteiger partial charge is 0.496 e. The maximum absolute atomic E-state index is 15.4. The number of hydrogen-bond donors (Lipinski definition) is 4. The molecule has 2 aromatic heterocycles. The number of likely N-dealkylation sites (tertiary alicyclic amines) is 1. The number of piperidine rings is 2. The maximum atomic E-state index is 15.4. The molecular weight excluding hydrogens is 675 g/mol. The van der Waals surface area contributed by atoms with Gasteiger partial charge in [0.25, 0.3) is 11.5 Å². The molecule has 2 saturated heterocycles. The molecule has 264 valence electrons. The fourth-order valence-corrected chi connectivity index (χ4v) is 6.76. The minimum absolute atomic E-state index is 0.151. The first-order valence-corrected chi connectivity index (χ1v) is 16.6. The van der Waals surface area contributed by atoms with E-state index in [1.807, 2.05) is 0 Å². The second-order valence-electron chi connectivity index (χ2n) is 12.6. The molecule has 2 atom stereocenters. The molecule has 50 heavy (non-hydrogen) atoms. The summed E-state index contributed by atoms with van der Waals surface area (Å²) in [7, 11) is 3.16. The van der Waals surface area contributed by atoms with Crippen LogP contribution in [0.15, 0.2) is 59.8 Å². The van der Waals surface area contributed by atoms with Crippen molar-refractivity contribution in [3.63, 3.8) is 0 Å². The molecule has 4 heterocycles. The molecule has 2 aromatic carbocycles. The molecule has 0 unspecified atom stereocenters. The molecule has 2 aliphatic rings. The average Bonchev–Trinajstić information content (AvgIpc) is 3.08. The van der Waals surface area contributed by atoms with Crippen LogP contribution in [0.2, 0.25) is 5.02 Å². The number of alkyl halides is 2. The van der Waals surface area contributed by atoms with Crippen LogP contribution in [0.25, 0.3) is 21.9 Å². The van der Waals surface area contributed by atoms with E-state index in [1.54, 1.807) is 48.6 Å². The number of aromatic nitrogens is 2. The van der Waals surface area contributed by atoms with Crippen molar-refractivity contribution in [3.8, 4) is 16.9 Å². The molecule has 2 fully saturated rings. The van der Waals surface area contributed by atoms with Gasteiger partial charge in [0.1, 0.15) is 17.6 Å². The van der Waals surface area contributed by atoms with Gasteiger partial charge in [-0.1, -0.05) is 11.6 Å². The zero-order valence-electron chi connectivity index (χ0n) is 27.5. The summed E-state index contributed by atoms with van der Waals surface area (Å²) in [6, 6.07) is 7.95. The summed E-state index contributed by atoms with van der Waals surface area (Å²) in [5.74, 6) is -3.96. The van der Waals surface area contributed by atoms with Gasteiger partial charge in [-0.25, -0.2) is 13.2 Å². The summed E-state index contributed by atoms with van der Waals surface area (Å²) in [4.78, 5) is 41.7. The number of carbonyl (C=O) groups is 2. The molecule has 0 spiro atoms. The van der Waals surface area contributed by atoms with Crippen LogP contribution in [0.5, 0.6) is 5.75 Å². The van der Waals surface area contributed by atoms with Crippen LogP contribution in [0.1, 0.15) is 24.8 Å². The van der Waals surface area contributed by atoms with Crippen molar-refractivity contribution in [2.75, 3.05) is 43.9 Å². The summed E-state index contributed by atoms with van der Waals surface area (Å²) in [6.07, 6.45) is 5.54. The van der Waals surface area contributed by atoms with Crippen molar-refractivity contribution < 1.29 is 27.5 Å². The Balaban J connectivity index is 1.04. The lowest BCUT2D eigenvalue weighted by molar-refractivity contribution is -0.133. The van der Waals surface area contributed by atoms with Gasteiger partial charge in [-0.3, -0.25) is 29.6 Å². The third-order valence-corrected chi connectivity index (χ3v) is 9.45. The summed E-state index contributed by atoms with van der Waals surface area (Å²) in [6.45, 7) is 0.420. The van der Waals surface area contributed by atoms with Gasteiger partial charge in [0.2, 0.25) is 11.8 Å². The molecule has 15 heteroatoms. The molecule has 0 radical (unpaired) electrons. The van der Waals surface area contributed by atoms with E-state index in [0.717, 1.165) is 5.56 Å². The highest BCUT2D eigenvalue weighted by Crippen LogP contribution is 2.38. The van der Waals surface area contributed by atoms with Crippen LogP contribution in [0.3, 0.4) is 0 Å². The first-order chi connectivity index (χ1) is 23.9. The van der Waals surface area contributed by atoms with E-state index >= 15 is 8.78 Å². The number of halogens is 4. The van der Waals surface area contributed by atoms with E-state index in [4.69, 9.17) is 16.3 Å². The van der Waals surface area contributed by atoms with Crippen molar-refractivity contribution in [2.45, 2.75) is 43.8 Å². The Labute approximate surface area is 291 Å². The number of nitrogens with one attached hydrogen (secondary N) is 4. The smallest absolute Gasteiger partial charge is 0.275 e. The summed E-state index contributed by atoms with van der Waals surface area (Å²) >= 11 is 6.76. The number of hydrogen-bond acceptors (Lipinski definition) is 9. The predicted molar refractivity (Wildman–Crippen MR) is 185 cm³/mol. The van der Waals surface area contributed by atoms with Crippen molar-refractivity contribution in [3.05, 3.63) is 81.7 Å². The van der Waals surface area contributed by atoms with Crippen molar-refractivity contribution in [2.24, 2.45) is 7.05 Å². The van der Waals surface area contributed by atoms with Crippen LogP contribution in [0, 0.1) is 5.82 Å². The Morgan fingerprint density at radius 1 is 1.10 bits per heavy atom. The fourth-order valence-electron chi connectivity index (χ4n) is 6.49. The molecule has 0 bridgehead atoms. The number of rotatable bonds is 11. The van der Waals surface area contributed by atoms with Crippen molar-refractivity contribution in [1.82, 2.24) is 25.1 Å². The number of pyridine rings is 2. The first-order valence-electron chi connectivity index (χ1n) is 16.2. The minimum atomic E-state index is -3.05. The van der Waals surface area contributed by atoms with E-state index in [-0.39, 0.29) is 49.6 Å². The maximum Gasteiger partial charge on any atom is 0.275 e. The van der Waals surface area contributed by atoms with E-state index in [0.29, 0.717) is 51.3 Å². The zero-order valence-corrected chi connectivity index (χ0v) is 28.3. The number of fused-ring (bicyclic) bond motifs is 1. The normalized spacial score (nSPS) is 19.3. The molecule has 2 amide bonds. The van der Waals surface area contributed by atoms with Gasteiger partial charge in [0.05, 0.1) is 30.8 Å². The molecular formula is C35H37ClF3N7O4. The third kappa shape index (κ3) is 7.57. The highest BCUT2D eigenvalue weighted by atomic mass is 35.5. The molecule has 0 aliphatic carbocycles. The number of carbonyl (C=O) groups excluding carboxylic acids is 2. The van der Waals surface area contributed by atoms with E-state index < -0.39 is 36.3 Å². The van der Waals surface area contributed by atoms with Crippen LogP contribution in [-0.2, 0) is 23.2 Å². The second-order valence-corrected chi connectivity index (χ2v) is 13.0. The Morgan fingerprint density at radius 3 is 2.66 bits per heavy atom. The third-order valence-electron chi connectivity index (χ3n) is 9.11. The summed E-state index contributed by atoms with van der Waals surface area (Å²) in [5.41, 5.74) is 2.46. The second kappa shape index (κ2) is 14.7. The zero-order chi connectivity index (χ0) is 35.6. The number of imide groups is 1. The van der Waals surface area contributed by atoms with Gasteiger partial charge in [-0.05, 0) is 60.2 Å². The summed E-state index contributed by atoms with van der Waals surface area (Å²) < 4.78 is 52.6. The molecule has 0 saturated carbocycles. The van der Waals surface area contributed by atoms with Gasteiger partial charge in [-0.2, -0.15) is 0 Å². The predicted octanol–water partition coefficient (Wildman–Crippen LogP) is 4.53. The van der Waals surface area contributed by atoms with E-state index in [9.17, 15) is 18.8 Å².